The Hall–Kier alpha value is -2.37. The number of pyridine rings is 1. The lowest BCUT2D eigenvalue weighted by Gasteiger charge is -2.13. The minimum absolute atomic E-state index is 0.118. The highest BCUT2D eigenvalue weighted by Gasteiger charge is 2.25. The average Bonchev–Trinajstić information content (AvgIpc) is 3.05. The fourth-order valence-corrected chi connectivity index (χ4v) is 3.47. The van der Waals surface area contributed by atoms with E-state index in [4.69, 9.17) is 0 Å². The number of hydrogen-bond acceptors (Lipinski definition) is 5. The molecule has 0 amide bonds. The Kier molecular flexibility index (Phi) is 5.59. The van der Waals surface area contributed by atoms with Crippen molar-refractivity contribution >= 4 is 11.5 Å². The van der Waals surface area contributed by atoms with Gasteiger partial charge < -0.3 is 10.2 Å². The standard InChI is InChI=1S/C21H24N2O3/c1-13(15-6-4-3-5-7-15)8-18(26)10-17-9-16-11-22-21(14(2)25)20(16)19(12-24)23-17/h3-7,9,13-14,24-25H,8,10-12H2,1-2H3/t13-,14?/m0/s1. The largest absolute Gasteiger partial charge is 0.390 e. The Morgan fingerprint density at radius 2 is 1.96 bits per heavy atom. The number of hydrogen-bond donors (Lipinski definition) is 2. The zero-order valence-corrected chi connectivity index (χ0v) is 15.1. The Morgan fingerprint density at radius 3 is 2.62 bits per heavy atom. The topological polar surface area (TPSA) is 82.8 Å². The number of aliphatic hydroxyl groups is 2. The molecular weight excluding hydrogens is 328 g/mol. The zero-order valence-electron chi connectivity index (χ0n) is 15.1. The molecule has 1 aromatic carbocycles. The highest BCUT2D eigenvalue weighted by molar-refractivity contribution is 6.07. The summed E-state index contributed by atoms with van der Waals surface area (Å²) in [7, 11) is 0. The molecule has 0 aliphatic carbocycles. The molecular formula is C21H24N2O3. The lowest BCUT2D eigenvalue weighted by Crippen LogP contribution is -2.19. The minimum atomic E-state index is -0.706. The molecule has 0 radical (unpaired) electrons. The quantitative estimate of drug-likeness (QED) is 0.802. The molecule has 2 heterocycles. The van der Waals surface area contributed by atoms with Crippen molar-refractivity contribution in [3.63, 3.8) is 0 Å². The third kappa shape index (κ3) is 3.89. The predicted molar refractivity (Wildman–Crippen MR) is 100 cm³/mol. The van der Waals surface area contributed by atoms with Crippen LogP contribution >= 0.6 is 0 Å². The van der Waals surface area contributed by atoms with E-state index in [9.17, 15) is 15.0 Å². The van der Waals surface area contributed by atoms with Crippen LogP contribution in [-0.2, 0) is 24.4 Å². The van der Waals surface area contributed by atoms with Crippen molar-refractivity contribution in [2.45, 2.75) is 51.9 Å². The van der Waals surface area contributed by atoms with E-state index in [1.54, 1.807) is 6.92 Å². The van der Waals surface area contributed by atoms with Crippen molar-refractivity contribution in [2.75, 3.05) is 0 Å². The van der Waals surface area contributed by atoms with Crippen LogP contribution < -0.4 is 0 Å². The van der Waals surface area contributed by atoms with E-state index >= 15 is 0 Å². The predicted octanol–water partition coefficient (Wildman–Crippen LogP) is 2.56. The first-order chi connectivity index (χ1) is 12.5. The van der Waals surface area contributed by atoms with Crippen LogP contribution in [0.15, 0.2) is 41.4 Å². The number of aliphatic hydroxyl groups excluding tert-OH is 2. The highest BCUT2D eigenvalue weighted by Crippen LogP contribution is 2.26. The Morgan fingerprint density at radius 1 is 1.23 bits per heavy atom. The van der Waals surface area contributed by atoms with Gasteiger partial charge in [0.05, 0.1) is 30.7 Å². The third-order valence-corrected chi connectivity index (χ3v) is 4.73. The second kappa shape index (κ2) is 7.89. The van der Waals surface area contributed by atoms with Gasteiger partial charge in [-0.1, -0.05) is 37.3 Å². The van der Waals surface area contributed by atoms with Crippen LogP contribution in [-0.4, -0.2) is 32.8 Å². The first-order valence-corrected chi connectivity index (χ1v) is 8.91. The summed E-state index contributed by atoms with van der Waals surface area (Å²) in [5.41, 5.74) is 4.50. The molecule has 1 aliphatic rings. The molecule has 1 aliphatic heterocycles. The van der Waals surface area contributed by atoms with Gasteiger partial charge in [-0.2, -0.15) is 0 Å². The highest BCUT2D eigenvalue weighted by atomic mass is 16.3. The fourth-order valence-electron chi connectivity index (χ4n) is 3.47. The average molecular weight is 352 g/mol. The summed E-state index contributed by atoms with van der Waals surface area (Å²) < 4.78 is 0. The van der Waals surface area contributed by atoms with Crippen molar-refractivity contribution in [1.82, 2.24) is 4.98 Å². The van der Waals surface area contributed by atoms with Gasteiger partial charge in [0.2, 0.25) is 0 Å². The molecule has 2 atom stereocenters. The fraction of sp³-hybridized carbons (Fsp3) is 0.381. The second-order valence-electron chi connectivity index (χ2n) is 6.86. The van der Waals surface area contributed by atoms with Crippen LogP contribution in [0.25, 0.3) is 0 Å². The number of nitrogens with zero attached hydrogens (tertiary/aromatic N) is 2. The van der Waals surface area contributed by atoms with Gasteiger partial charge in [0.25, 0.3) is 0 Å². The summed E-state index contributed by atoms with van der Waals surface area (Å²) in [6, 6.07) is 11.9. The molecule has 136 valence electrons. The maximum Gasteiger partial charge on any atom is 0.139 e. The van der Waals surface area contributed by atoms with E-state index in [2.05, 4.69) is 9.98 Å². The number of carbonyl (C=O) groups excluding carboxylic acids is 1. The first kappa shape index (κ1) is 18.4. The van der Waals surface area contributed by atoms with Crippen molar-refractivity contribution in [3.05, 3.63) is 64.5 Å². The van der Waals surface area contributed by atoms with E-state index < -0.39 is 6.10 Å². The number of rotatable bonds is 7. The maximum absolute atomic E-state index is 12.5. The van der Waals surface area contributed by atoms with Crippen LogP contribution in [0.5, 0.6) is 0 Å². The van der Waals surface area contributed by atoms with Gasteiger partial charge in [-0.3, -0.25) is 14.8 Å². The van der Waals surface area contributed by atoms with E-state index in [0.29, 0.717) is 30.1 Å². The van der Waals surface area contributed by atoms with Crippen LogP contribution in [0.1, 0.15) is 54.3 Å². The normalized spacial score (nSPS) is 15.3. The molecule has 0 saturated heterocycles. The van der Waals surface area contributed by atoms with Crippen LogP contribution in [0, 0.1) is 0 Å². The lowest BCUT2D eigenvalue weighted by molar-refractivity contribution is -0.118. The SMILES string of the molecule is CC(O)C1=NCc2cc(CC(=O)C[C@H](C)c3ccccc3)nc(CO)c21. The van der Waals surface area contributed by atoms with Crippen molar-refractivity contribution in [3.8, 4) is 0 Å². The number of carbonyl (C=O) groups is 1. The van der Waals surface area contributed by atoms with Crippen molar-refractivity contribution in [2.24, 2.45) is 4.99 Å². The molecule has 5 heteroatoms. The van der Waals surface area contributed by atoms with Gasteiger partial charge in [-0.05, 0) is 30.0 Å². The van der Waals surface area contributed by atoms with E-state index in [0.717, 1.165) is 16.7 Å². The Bertz CT molecular complexity index is 829. The molecule has 5 nitrogen and oxygen atoms in total. The van der Waals surface area contributed by atoms with Crippen LogP contribution in [0.3, 0.4) is 0 Å². The molecule has 0 saturated carbocycles. The molecule has 26 heavy (non-hydrogen) atoms. The lowest BCUT2D eigenvalue weighted by atomic mass is 9.93. The molecule has 0 spiro atoms. The Balaban J connectivity index is 1.74. The smallest absolute Gasteiger partial charge is 0.139 e. The number of Topliss-reactive ketones (excluding diaryl/α,β-unsaturated/α-hetero) is 1. The second-order valence-corrected chi connectivity index (χ2v) is 6.86. The van der Waals surface area contributed by atoms with Crippen LogP contribution in [0.4, 0.5) is 0 Å². The number of benzene rings is 1. The summed E-state index contributed by atoms with van der Waals surface area (Å²) in [4.78, 5) is 21.3. The molecule has 1 unspecified atom stereocenters. The van der Waals surface area contributed by atoms with Gasteiger partial charge in [0, 0.05) is 24.1 Å². The van der Waals surface area contributed by atoms with Crippen LogP contribution in [0.2, 0.25) is 0 Å². The third-order valence-electron chi connectivity index (χ3n) is 4.73. The van der Waals surface area contributed by atoms with E-state index in [1.807, 2.05) is 43.3 Å². The van der Waals surface area contributed by atoms with Crippen molar-refractivity contribution < 1.29 is 15.0 Å². The molecule has 0 fully saturated rings. The minimum Gasteiger partial charge on any atom is -0.390 e. The van der Waals surface area contributed by atoms with Gasteiger partial charge in [0.1, 0.15) is 5.78 Å². The first-order valence-electron chi connectivity index (χ1n) is 8.91. The van der Waals surface area contributed by atoms with E-state index in [1.165, 1.54) is 0 Å². The molecule has 2 N–H and O–H groups in total. The number of aliphatic imine (C=N–C) groups is 1. The summed E-state index contributed by atoms with van der Waals surface area (Å²) >= 11 is 0. The summed E-state index contributed by atoms with van der Waals surface area (Å²) in [5, 5.41) is 19.5. The van der Waals surface area contributed by atoms with Gasteiger partial charge in [-0.25, -0.2) is 0 Å². The molecule has 1 aromatic heterocycles. The summed E-state index contributed by atoms with van der Waals surface area (Å²) in [6.45, 7) is 3.91. The van der Waals surface area contributed by atoms with Gasteiger partial charge in [0.15, 0.2) is 0 Å². The summed E-state index contributed by atoms with van der Waals surface area (Å²) in [5.74, 6) is 0.271. The van der Waals surface area contributed by atoms with E-state index in [-0.39, 0.29) is 24.7 Å². The zero-order chi connectivity index (χ0) is 18.7. The maximum atomic E-state index is 12.5. The van der Waals surface area contributed by atoms with Crippen molar-refractivity contribution in [1.29, 1.82) is 0 Å². The number of ketones is 1. The number of fused-ring (bicyclic) bond motifs is 1. The summed E-state index contributed by atoms with van der Waals surface area (Å²) in [6.07, 6.45) is -0.0174. The molecule has 0 bridgehead atoms. The molecule has 3 rings (SSSR count). The Labute approximate surface area is 153 Å². The molecule has 2 aromatic rings. The van der Waals surface area contributed by atoms with Gasteiger partial charge >= 0.3 is 0 Å². The monoisotopic (exact) mass is 352 g/mol. The van der Waals surface area contributed by atoms with Gasteiger partial charge in [-0.15, -0.1) is 0 Å². The number of aromatic nitrogens is 1.